The van der Waals surface area contributed by atoms with Crippen LogP contribution in [0, 0.1) is 0 Å². The van der Waals surface area contributed by atoms with Crippen molar-refractivity contribution in [3.63, 3.8) is 0 Å². The molecular weight excluding hydrogens is 186 g/mol. The first kappa shape index (κ1) is 10.3. The summed E-state index contributed by atoms with van der Waals surface area (Å²) in [6.07, 6.45) is 0.371. The van der Waals surface area contributed by atoms with Gasteiger partial charge in [-0.2, -0.15) is 5.10 Å². The predicted octanol–water partition coefficient (Wildman–Crippen LogP) is -1.74. The second kappa shape index (κ2) is 3.97. The fourth-order valence-corrected chi connectivity index (χ4v) is 0.938. The fraction of sp³-hybridized carbons (Fsp3) is 0.429. The summed E-state index contributed by atoms with van der Waals surface area (Å²) in [4.78, 5) is 10.5. The Morgan fingerprint density at radius 3 is 2.93 bits per heavy atom. The van der Waals surface area contributed by atoms with Gasteiger partial charge in [-0.3, -0.25) is 9.48 Å². The van der Waals surface area contributed by atoms with Gasteiger partial charge in [-0.25, -0.2) is 0 Å². The molecule has 1 atom stereocenters. The molecule has 1 heterocycles. The van der Waals surface area contributed by atoms with Crippen molar-refractivity contribution in [2.24, 2.45) is 12.8 Å². The number of hydrogen-bond acceptors (Lipinski definition) is 5. The molecule has 0 aliphatic rings. The van der Waals surface area contributed by atoms with Crippen LogP contribution in [0.2, 0.25) is 0 Å². The van der Waals surface area contributed by atoms with Crippen LogP contribution in [-0.4, -0.2) is 33.4 Å². The molecule has 7 heteroatoms. The molecule has 0 radical (unpaired) electrons. The molecule has 1 amide bonds. The monoisotopic (exact) mass is 199 g/mol. The van der Waals surface area contributed by atoms with Crippen molar-refractivity contribution in [1.29, 1.82) is 0 Å². The minimum atomic E-state index is -1.24. The number of aryl methyl sites for hydroxylation is 1. The summed E-state index contributed by atoms with van der Waals surface area (Å²) in [5.41, 5.74) is 10.9. The minimum absolute atomic E-state index is 0.00343. The number of amides is 1. The van der Waals surface area contributed by atoms with E-state index in [1.54, 1.807) is 13.2 Å². The molecule has 1 unspecified atom stereocenters. The molecule has 1 aromatic heterocycles. The van der Waals surface area contributed by atoms with Gasteiger partial charge in [0, 0.05) is 13.2 Å². The van der Waals surface area contributed by atoms with Crippen LogP contribution in [0.15, 0.2) is 6.20 Å². The number of carbonyl (C=O) groups excluding carboxylic acids is 1. The Balaban J connectivity index is 2.53. The van der Waals surface area contributed by atoms with Gasteiger partial charge in [0.15, 0.2) is 5.82 Å². The second-order valence-electron chi connectivity index (χ2n) is 2.91. The standard InChI is InChI=1S/C7H13N5O2/c1-12-3-4(8)7(11-12)10-2-5(13)6(9)14/h3,5,13H,2,8H2,1H3,(H2,9,14)(H,10,11). The lowest BCUT2D eigenvalue weighted by atomic mass is 10.3. The van der Waals surface area contributed by atoms with E-state index in [0.29, 0.717) is 11.5 Å². The number of nitrogen functional groups attached to an aromatic ring is 1. The van der Waals surface area contributed by atoms with E-state index >= 15 is 0 Å². The molecule has 1 aromatic rings. The first-order valence-electron chi connectivity index (χ1n) is 4.01. The van der Waals surface area contributed by atoms with Crippen molar-refractivity contribution in [3.8, 4) is 0 Å². The highest BCUT2D eigenvalue weighted by molar-refractivity contribution is 5.79. The molecule has 0 aromatic carbocycles. The number of primary amides is 1. The van der Waals surface area contributed by atoms with E-state index in [9.17, 15) is 4.79 Å². The van der Waals surface area contributed by atoms with Crippen LogP contribution in [0.4, 0.5) is 11.5 Å². The van der Waals surface area contributed by atoms with Gasteiger partial charge >= 0.3 is 0 Å². The van der Waals surface area contributed by atoms with Gasteiger partial charge in [-0.05, 0) is 0 Å². The molecule has 14 heavy (non-hydrogen) atoms. The average Bonchev–Trinajstić information content (AvgIpc) is 2.40. The number of nitrogens with one attached hydrogen (secondary N) is 1. The van der Waals surface area contributed by atoms with Crippen molar-refractivity contribution in [1.82, 2.24) is 9.78 Å². The molecule has 0 saturated heterocycles. The molecule has 0 fully saturated rings. The number of aromatic nitrogens is 2. The highest BCUT2D eigenvalue weighted by atomic mass is 16.3. The Morgan fingerprint density at radius 2 is 2.50 bits per heavy atom. The number of anilines is 2. The van der Waals surface area contributed by atoms with Crippen LogP contribution in [0.25, 0.3) is 0 Å². The van der Waals surface area contributed by atoms with E-state index in [0.717, 1.165) is 0 Å². The Morgan fingerprint density at radius 1 is 1.86 bits per heavy atom. The maximum atomic E-state index is 10.5. The second-order valence-corrected chi connectivity index (χ2v) is 2.91. The molecule has 7 nitrogen and oxygen atoms in total. The normalized spacial score (nSPS) is 12.4. The summed E-state index contributed by atoms with van der Waals surface area (Å²) < 4.78 is 1.52. The van der Waals surface area contributed by atoms with E-state index in [4.69, 9.17) is 16.6 Å². The Labute approximate surface area is 80.7 Å². The van der Waals surface area contributed by atoms with E-state index in [1.165, 1.54) is 4.68 Å². The third kappa shape index (κ3) is 2.36. The topological polar surface area (TPSA) is 119 Å². The molecule has 0 bridgehead atoms. The van der Waals surface area contributed by atoms with Crippen LogP contribution in [-0.2, 0) is 11.8 Å². The Hall–Kier alpha value is -1.76. The number of nitrogens with zero attached hydrogens (tertiary/aromatic N) is 2. The van der Waals surface area contributed by atoms with Crippen molar-refractivity contribution in [2.75, 3.05) is 17.6 Å². The van der Waals surface area contributed by atoms with E-state index in [-0.39, 0.29) is 6.54 Å². The average molecular weight is 199 g/mol. The Bertz CT molecular complexity index is 335. The summed E-state index contributed by atoms with van der Waals surface area (Å²) in [5, 5.41) is 15.7. The zero-order valence-corrected chi connectivity index (χ0v) is 7.77. The zero-order chi connectivity index (χ0) is 10.7. The van der Waals surface area contributed by atoms with Crippen LogP contribution >= 0.6 is 0 Å². The minimum Gasteiger partial charge on any atom is -0.394 e. The molecule has 0 aliphatic heterocycles. The maximum absolute atomic E-state index is 10.5. The summed E-state index contributed by atoms with van der Waals surface area (Å²) >= 11 is 0. The zero-order valence-electron chi connectivity index (χ0n) is 7.77. The van der Waals surface area contributed by atoms with Gasteiger partial charge in [-0.1, -0.05) is 0 Å². The summed E-state index contributed by atoms with van der Waals surface area (Å²) in [7, 11) is 1.71. The van der Waals surface area contributed by atoms with E-state index in [1.807, 2.05) is 0 Å². The fourth-order valence-electron chi connectivity index (χ4n) is 0.938. The van der Waals surface area contributed by atoms with Crippen LogP contribution < -0.4 is 16.8 Å². The summed E-state index contributed by atoms with van der Waals surface area (Å²) in [6, 6.07) is 0. The third-order valence-electron chi connectivity index (χ3n) is 1.65. The van der Waals surface area contributed by atoms with Gasteiger partial charge in [0.2, 0.25) is 5.91 Å². The van der Waals surface area contributed by atoms with Crippen LogP contribution in [0.5, 0.6) is 0 Å². The molecule has 0 spiro atoms. The molecule has 0 aliphatic carbocycles. The van der Waals surface area contributed by atoms with Gasteiger partial charge < -0.3 is 21.9 Å². The molecular formula is C7H13N5O2. The first-order valence-corrected chi connectivity index (χ1v) is 4.01. The third-order valence-corrected chi connectivity index (χ3v) is 1.65. The van der Waals surface area contributed by atoms with Crippen molar-refractivity contribution in [3.05, 3.63) is 6.20 Å². The molecule has 0 saturated carbocycles. The van der Waals surface area contributed by atoms with E-state index in [2.05, 4.69) is 10.4 Å². The summed E-state index contributed by atoms with van der Waals surface area (Å²) in [5.74, 6) is -0.361. The highest BCUT2D eigenvalue weighted by Gasteiger charge is 2.11. The van der Waals surface area contributed by atoms with Gasteiger partial charge in [0.25, 0.3) is 0 Å². The van der Waals surface area contributed by atoms with Gasteiger partial charge in [0.1, 0.15) is 6.10 Å². The van der Waals surface area contributed by atoms with E-state index < -0.39 is 12.0 Å². The van der Waals surface area contributed by atoms with Crippen molar-refractivity contribution >= 4 is 17.4 Å². The number of rotatable bonds is 4. The largest absolute Gasteiger partial charge is 0.394 e. The quantitative estimate of drug-likeness (QED) is 0.459. The molecule has 1 rings (SSSR count). The molecule has 6 N–H and O–H groups in total. The predicted molar refractivity (Wildman–Crippen MR) is 51.3 cm³/mol. The lowest BCUT2D eigenvalue weighted by Crippen LogP contribution is -2.34. The number of aliphatic hydroxyl groups excluding tert-OH is 1. The van der Waals surface area contributed by atoms with Crippen LogP contribution in [0.1, 0.15) is 0 Å². The number of aliphatic hydroxyl groups is 1. The maximum Gasteiger partial charge on any atom is 0.248 e. The number of nitrogens with two attached hydrogens (primary N) is 2. The first-order chi connectivity index (χ1) is 6.50. The van der Waals surface area contributed by atoms with Gasteiger partial charge in [-0.15, -0.1) is 0 Å². The number of carbonyl (C=O) groups is 1. The van der Waals surface area contributed by atoms with Gasteiger partial charge in [0.05, 0.1) is 12.2 Å². The van der Waals surface area contributed by atoms with Crippen molar-refractivity contribution in [2.45, 2.75) is 6.10 Å². The number of hydrogen-bond donors (Lipinski definition) is 4. The van der Waals surface area contributed by atoms with Crippen molar-refractivity contribution < 1.29 is 9.90 Å². The smallest absolute Gasteiger partial charge is 0.248 e. The summed E-state index contributed by atoms with van der Waals surface area (Å²) in [6.45, 7) is -0.00343. The van der Waals surface area contributed by atoms with Crippen LogP contribution in [0.3, 0.4) is 0 Å². The molecule has 78 valence electrons. The lowest BCUT2D eigenvalue weighted by Gasteiger charge is -2.07. The lowest BCUT2D eigenvalue weighted by molar-refractivity contribution is -0.125. The Kier molecular flexibility index (Phi) is 2.92. The highest BCUT2D eigenvalue weighted by Crippen LogP contribution is 2.13. The SMILES string of the molecule is Cn1cc(N)c(NCC(O)C(N)=O)n1.